The lowest BCUT2D eigenvalue weighted by molar-refractivity contribution is -0.203. The number of aliphatic carboxylic acids is 1. The van der Waals surface area contributed by atoms with E-state index in [-0.39, 0.29) is 0 Å². The maximum absolute atomic E-state index is 12.7. The van der Waals surface area contributed by atoms with Crippen molar-refractivity contribution in [2.45, 2.75) is 18.6 Å². The molecule has 0 aliphatic carbocycles. The summed E-state index contributed by atoms with van der Waals surface area (Å²) < 4.78 is 38.1. The molecule has 0 aromatic carbocycles. The van der Waals surface area contributed by atoms with Crippen LogP contribution in [0.15, 0.2) is 0 Å². The number of likely N-dealkylation sites (N-methyl/N-ethyl adjacent to an activating group) is 1. The predicted molar refractivity (Wildman–Crippen MR) is 62.8 cm³/mol. The summed E-state index contributed by atoms with van der Waals surface area (Å²) >= 11 is 0. The standard InChI is InChI=1S/C10H17F3N4O3/c1-9(7(18)19,10(11,12)13)14-8(20)15-17-5-3-16(2)4-6-17/h3-6H2,1-2H3,(H,18,19)(H2,14,15,20). The third-order valence-corrected chi connectivity index (χ3v) is 3.12. The lowest BCUT2D eigenvalue weighted by atomic mass is 10.0. The Morgan fingerprint density at radius 1 is 1.15 bits per heavy atom. The molecule has 116 valence electrons. The number of carbonyl (C=O) groups is 2. The van der Waals surface area contributed by atoms with E-state index in [1.54, 1.807) is 0 Å². The molecule has 1 fully saturated rings. The number of carboxylic acid groups (broad SMARTS) is 1. The smallest absolute Gasteiger partial charge is 0.422 e. The number of carbonyl (C=O) groups excluding carboxylic acids is 1. The molecular formula is C10H17F3N4O3. The van der Waals surface area contributed by atoms with E-state index >= 15 is 0 Å². The minimum Gasteiger partial charge on any atom is -0.479 e. The second-order valence-electron chi connectivity index (χ2n) is 4.78. The Labute approximate surface area is 113 Å². The molecule has 0 saturated carbocycles. The molecule has 0 radical (unpaired) electrons. The Balaban J connectivity index is 2.62. The van der Waals surface area contributed by atoms with E-state index in [0.717, 1.165) is 0 Å². The summed E-state index contributed by atoms with van der Waals surface area (Å²) in [5.74, 6) is -2.17. The van der Waals surface area contributed by atoms with Crippen LogP contribution in [0.2, 0.25) is 0 Å². The first kappa shape index (κ1) is 16.5. The van der Waals surface area contributed by atoms with Crippen LogP contribution in [-0.4, -0.2) is 72.0 Å². The number of halogens is 3. The third-order valence-electron chi connectivity index (χ3n) is 3.12. The molecular weight excluding hydrogens is 281 g/mol. The monoisotopic (exact) mass is 298 g/mol. The van der Waals surface area contributed by atoms with Crippen LogP contribution in [-0.2, 0) is 4.79 Å². The first-order valence-corrected chi connectivity index (χ1v) is 5.88. The molecule has 10 heteroatoms. The van der Waals surface area contributed by atoms with Crippen LogP contribution >= 0.6 is 0 Å². The fourth-order valence-electron chi connectivity index (χ4n) is 1.56. The fourth-order valence-corrected chi connectivity index (χ4v) is 1.56. The van der Waals surface area contributed by atoms with Crippen LogP contribution in [0, 0.1) is 0 Å². The van der Waals surface area contributed by atoms with Gasteiger partial charge in [-0.25, -0.2) is 14.6 Å². The van der Waals surface area contributed by atoms with E-state index in [1.165, 1.54) is 10.3 Å². The van der Waals surface area contributed by atoms with Crippen molar-refractivity contribution in [1.29, 1.82) is 0 Å². The van der Waals surface area contributed by atoms with Crippen LogP contribution in [0.3, 0.4) is 0 Å². The average Bonchev–Trinajstić information content (AvgIpc) is 2.30. The first-order chi connectivity index (χ1) is 9.06. The van der Waals surface area contributed by atoms with Crippen molar-refractivity contribution < 1.29 is 27.9 Å². The van der Waals surface area contributed by atoms with Gasteiger partial charge in [-0.3, -0.25) is 5.43 Å². The van der Waals surface area contributed by atoms with Gasteiger partial charge in [-0.05, 0) is 14.0 Å². The van der Waals surface area contributed by atoms with Crippen molar-refractivity contribution in [2.24, 2.45) is 0 Å². The summed E-state index contributed by atoms with van der Waals surface area (Å²) in [4.78, 5) is 24.3. The lowest BCUT2D eigenvalue weighted by Crippen LogP contribution is -2.65. The minimum absolute atomic E-state index is 0.402. The summed E-state index contributed by atoms with van der Waals surface area (Å²) in [5.41, 5.74) is -1.11. The van der Waals surface area contributed by atoms with Crippen molar-refractivity contribution in [1.82, 2.24) is 20.7 Å². The third kappa shape index (κ3) is 3.73. The molecule has 3 N–H and O–H groups in total. The molecule has 1 heterocycles. The summed E-state index contributed by atoms with van der Waals surface area (Å²) in [5, 5.41) is 11.6. The van der Waals surface area contributed by atoms with Crippen molar-refractivity contribution >= 4 is 12.0 Å². The Kier molecular flexibility index (Phi) is 4.81. The number of hydrogen-bond donors (Lipinski definition) is 3. The second kappa shape index (κ2) is 5.83. The van der Waals surface area contributed by atoms with Gasteiger partial charge < -0.3 is 15.3 Å². The van der Waals surface area contributed by atoms with Crippen molar-refractivity contribution in [2.75, 3.05) is 33.2 Å². The topological polar surface area (TPSA) is 84.9 Å². The van der Waals surface area contributed by atoms with Gasteiger partial charge in [0.2, 0.25) is 5.54 Å². The molecule has 0 spiro atoms. The maximum Gasteiger partial charge on any atom is 0.422 e. The van der Waals surface area contributed by atoms with Gasteiger partial charge >= 0.3 is 18.2 Å². The molecule has 1 saturated heterocycles. The number of alkyl halides is 3. The first-order valence-electron chi connectivity index (χ1n) is 5.88. The number of hydrogen-bond acceptors (Lipinski definition) is 4. The zero-order valence-corrected chi connectivity index (χ0v) is 11.1. The highest BCUT2D eigenvalue weighted by Crippen LogP contribution is 2.30. The van der Waals surface area contributed by atoms with E-state index < -0.39 is 23.7 Å². The van der Waals surface area contributed by atoms with Crippen molar-refractivity contribution in [3.8, 4) is 0 Å². The molecule has 0 aromatic heterocycles. The molecule has 0 bridgehead atoms. The molecule has 1 unspecified atom stereocenters. The number of carboxylic acids is 1. The summed E-state index contributed by atoms with van der Waals surface area (Å²) in [6.45, 7) is 2.59. The molecule has 1 aliphatic heterocycles. The molecule has 1 atom stereocenters. The van der Waals surface area contributed by atoms with E-state index in [2.05, 4.69) is 5.43 Å². The van der Waals surface area contributed by atoms with Gasteiger partial charge in [0.15, 0.2) is 0 Å². The number of piperazine rings is 1. The number of nitrogens with zero attached hydrogens (tertiary/aromatic N) is 2. The Bertz CT molecular complexity index is 382. The predicted octanol–water partition coefficient (Wildman–Crippen LogP) is -0.146. The van der Waals surface area contributed by atoms with E-state index in [4.69, 9.17) is 5.11 Å². The van der Waals surface area contributed by atoms with Crippen molar-refractivity contribution in [3.63, 3.8) is 0 Å². The van der Waals surface area contributed by atoms with Crippen LogP contribution in [0.4, 0.5) is 18.0 Å². The number of rotatable bonds is 3. The summed E-state index contributed by atoms with van der Waals surface area (Å²) in [6, 6.07) is -1.20. The number of amides is 2. The lowest BCUT2D eigenvalue weighted by Gasteiger charge is -2.34. The van der Waals surface area contributed by atoms with Gasteiger partial charge in [-0.2, -0.15) is 13.2 Å². The minimum atomic E-state index is -5.10. The van der Waals surface area contributed by atoms with Crippen molar-refractivity contribution in [3.05, 3.63) is 0 Å². The number of nitrogens with one attached hydrogen (secondary N) is 2. The van der Waals surface area contributed by atoms with Gasteiger partial charge in [0.1, 0.15) is 0 Å². The Morgan fingerprint density at radius 2 is 1.65 bits per heavy atom. The van der Waals surface area contributed by atoms with Gasteiger partial charge in [0.05, 0.1) is 0 Å². The molecule has 0 aromatic rings. The summed E-state index contributed by atoms with van der Waals surface area (Å²) in [6.07, 6.45) is -5.10. The quantitative estimate of drug-likeness (QED) is 0.675. The molecule has 20 heavy (non-hydrogen) atoms. The zero-order valence-electron chi connectivity index (χ0n) is 11.1. The highest BCUT2D eigenvalue weighted by atomic mass is 19.4. The Morgan fingerprint density at radius 3 is 2.05 bits per heavy atom. The SMILES string of the molecule is CN1CCN(NC(=O)NC(C)(C(=O)O)C(F)(F)F)CC1. The normalized spacial score (nSPS) is 21.1. The largest absolute Gasteiger partial charge is 0.479 e. The molecule has 1 rings (SSSR count). The Hall–Kier alpha value is -1.55. The van der Waals surface area contributed by atoms with Crippen LogP contribution in [0.5, 0.6) is 0 Å². The maximum atomic E-state index is 12.7. The number of hydrazine groups is 1. The second-order valence-corrected chi connectivity index (χ2v) is 4.78. The van der Waals surface area contributed by atoms with Crippen LogP contribution < -0.4 is 10.7 Å². The van der Waals surface area contributed by atoms with E-state index in [0.29, 0.717) is 33.1 Å². The van der Waals surface area contributed by atoms with Crippen LogP contribution in [0.25, 0.3) is 0 Å². The van der Waals surface area contributed by atoms with E-state index in [1.807, 2.05) is 11.9 Å². The van der Waals surface area contributed by atoms with Gasteiger partial charge in [-0.1, -0.05) is 0 Å². The van der Waals surface area contributed by atoms with Gasteiger partial charge in [0, 0.05) is 26.2 Å². The molecule has 2 amide bonds. The van der Waals surface area contributed by atoms with Crippen LogP contribution in [0.1, 0.15) is 6.92 Å². The summed E-state index contributed by atoms with van der Waals surface area (Å²) in [7, 11) is 1.88. The fraction of sp³-hybridized carbons (Fsp3) is 0.800. The number of urea groups is 1. The molecule has 7 nitrogen and oxygen atoms in total. The van der Waals surface area contributed by atoms with E-state index in [9.17, 15) is 22.8 Å². The average molecular weight is 298 g/mol. The molecule has 1 aliphatic rings. The highest BCUT2D eigenvalue weighted by molar-refractivity contribution is 5.86. The zero-order chi connectivity index (χ0) is 15.6. The van der Waals surface area contributed by atoms with Gasteiger partial charge in [0.25, 0.3) is 0 Å². The highest BCUT2D eigenvalue weighted by Gasteiger charge is 2.58. The van der Waals surface area contributed by atoms with Gasteiger partial charge in [-0.15, -0.1) is 0 Å².